The Hall–Kier alpha value is -2.48. The van der Waals surface area contributed by atoms with Gasteiger partial charge in [-0.3, -0.25) is 9.20 Å². The van der Waals surface area contributed by atoms with Crippen molar-refractivity contribution in [3.63, 3.8) is 0 Å². The molecule has 0 saturated heterocycles. The number of hydrogen-bond acceptors (Lipinski definition) is 3. The maximum absolute atomic E-state index is 13.4. The predicted molar refractivity (Wildman–Crippen MR) is 70.3 cm³/mol. The lowest BCUT2D eigenvalue weighted by Crippen LogP contribution is -2.21. The van der Waals surface area contributed by atoms with Crippen molar-refractivity contribution in [3.8, 4) is 11.1 Å². The molecule has 1 radical (unpaired) electrons. The molecule has 2 N–H and O–H groups in total. The molecule has 0 unspecified atom stereocenters. The predicted octanol–water partition coefficient (Wildman–Crippen LogP) is 3.17. The average Bonchev–Trinajstić information content (AvgIpc) is 3.05. The van der Waals surface area contributed by atoms with Crippen molar-refractivity contribution in [1.82, 2.24) is 9.38 Å². The summed E-state index contributed by atoms with van der Waals surface area (Å²) >= 11 is 5.80. The fourth-order valence-corrected chi connectivity index (χ4v) is 2.37. The second-order valence-electron chi connectivity index (χ2n) is 4.37. The molecule has 3 rings (SSSR count). The number of furan rings is 1. The van der Waals surface area contributed by atoms with Crippen LogP contribution in [0, 0.1) is 6.20 Å². The van der Waals surface area contributed by atoms with E-state index in [0.717, 1.165) is 4.40 Å². The molecule has 3 aromatic rings. The number of primary amides is 1. The van der Waals surface area contributed by atoms with Crippen LogP contribution in [0.3, 0.4) is 0 Å². The van der Waals surface area contributed by atoms with Gasteiger partial charge in [-0.1, -0.05) is 11.6 Å². The van der Waals surface area contributed by atoms with E-state index in [0.29, 0.717) is 0 Å². The Kier molecular flexibility index (Phi) is 3.13. The van der Waals surface area contributed by atoms with E-state index in [4.69, 9.17) is 21.8 Å². The maximum atomic E-state index is 13.4. The monoisotopic (exact) mass is 328 g/mol. The van der Waals surface area contributed by atoms with E-state index in [1.807, 2.05) is 0 Å². The van der Waals surface area contributed by atoms with Crippen LogP contribution in [-0.2, 0) is 6.18 Å². The first-order valence-corrected chi connectivity index (χ1v) is 6.20. The normalized spacial score (nSPS) is 12.0. The van der Waals surface area contributed by atoms with Gasteiger partial charge in [0, 0.05) is 17.3 Å². The molecular formula is C13H6ClF3N3O2. The highest BCUT2D eigenvalue weighted by Crippen LogP contribution is 2.39. The third-order valence-electron chi connectivity index (χ3n) is 3.06. The van der Waals surface area contributed by atoms with Crippen molar-refractivity contribution >= 4 is 23.2 Å². The molecule has 0 aromatic carbocycles. The number of pyridine rings is 1. The summed E-state index contributed by atoms with van der Waals surface area (Å²) in [5, 5.41) is -0.152. The molecule has 0 spiro atoms. The molecule has 0 aliphatic heterocycles. The second-order valence-corrected chi connectivity index (χ2v) is 4.73. The summed E-state index contributed by atoms with van der Waals surface area (Å²) in [6.45, 7) is 0. The van der Waals surface area contributed by atoms with Gasteiger partial charge in [0.15, 0.2) is 5.65 Å². The van der Waals surface area contributed by atoms with Crippen molar-refractivity contribution in [2.45, 2.75) is 6.18 Å². The third kappa shape index (κ3) is 2.12. The van der Waals surface area contributed by atoms with Crippen molar-refractivity contribution in [3.05, 3.63) is 47.3 Å². The van der Waals surface area contributed by atoms with Gasteiger partial charge in [0.25, 0.3) is 0 Å². The zero-order chi connectivity index (χ0) is 16.1. The zero-order valence-electron chi connectivity index (χ0n) is 10.6. The van der Waals surface area contributed by atoms with Crippen LogP contribution < -0.4 is 5.73 Å². The van der Waals surface area contributed by atoms with Crippen LogP contribution in [0.25, 0.3) is 16.8 Å². The molecular weight excluding hydrogens is 323 g/mol. The van der Waals surface area contributed by atoms with Crippen LogP contribution in [0.5, 0.6) is 0 Å². The van der Waals surface area contributed by atoms with Crippen LogP contribution in [0.4, 0.5) is 13.2 Å². The molecule has 3 aromatic heterocycles. The van der Waals surface area contributed by atoms with Crippen LogP contribution >= 0.6 is 11.6 Å². The summed E-state index contributed by atoms with van der Waals surface area (Å²) < 4.78 is 46.1. The number of rotatable bonds is 2. The molecule has 113 valence electrons. The molecule has 0 aliphatic rings. The van der Waals surface area contributed by atoms with Crippen LogP contribution in [-0.4, -0.2) is 15.3 Å². The molecule has 0 aliphatic carbocycles. The van der Waals surface area contributed by atoms with Gasteiger partial charge in [0.05, 0.1) is 18.1 Å². The number of fused-ring (bicyclic) bond motifs is 1. The number of imidazole rings is 1. The van der Waals surface area contributed by atoms with Crippen molar-refractivity contribution in [2.24, 2.45) is 5.73 Å². The Labute approximate surface area is 126 Å². The molecule has 0 atom stereocenters. The minimum atomic E-state index is -4.85. The van der Waals surface area contributed by atoms with Gasteiger partial charge in [-0.15, -0.1) is 0 Å². The molecule has 9 heteroatoms. The molecule has 3 heterocycles. The summed E-state index contributed by atoms with van der Waals surface area (Å²) in [6.07, 6.45) is 1.07. The van der Waals surface area contributed by atoms with E-state index in [1.165, 1.54) is 24.8 Å². The Morgan fingerprint density at radius 2 is 2.18 bits per heavy atom. The summed E-state index contributed by atoms with van der Waals surface area (Å²) in [5.74, 6) is -1.23. The highest BCUT2D eigenvalue weighted by atomic mass is 35.5. The number of carbonyl (C=O) groups excluding carboxylic acids is 1. The topological polar surface area (TPSA) is 73.5 Å². The number of hydrogen-bond donors (Lipinski definition) is 1. The molecule has 5 nitrogen and oxygen atoms in total. The van der Waals surface area contributed by atoms with Gasteiger partial charge in [0.1, 0.15) is 16.9 Å². The van der Waals surface area contributed by atoms with Gasteiger partial charge < -0.3 is 10.2 Å². The third-order valence-corrected chi connectivity index (χ3v) is 3.32. The van der Waals surface area contributed by atoms with Gasteiger partial charge in [-0.05, 0) is 6.07 Å². The lowest BCUT2D eigenvalue weighted by atomic mass is 9.98. The van der Waals surface area contributed by atoms with Gasteiger partial charge in [-0.2, -0.15) is 13.2 Å². The van der Waals surface area contributed by atoms with Crippen LogP contribution in [0.2, 0.25) is 5.15 Å². The van der Waals surface area contributed by atoms with E-state index >= 15 is 0 Å². The number of aromatic nitrogens is 2. The number of alkyl halides is 3. The lowest BCUT2D eigenvalue weighted by molar-refractivity contribution is -0.136. The number of carbonyl (C=O) groups is 1. The highest BCUT2D eigenvalue weighted by Gasteiger charge is 2.40. The first-order valence-electron chi connectivity index (χ1n) is 5.82. The quantitative estimate of drug-likeness (QED) is 0.785. The Bertz CT molecular complexity index is 869. The largest absolute Gasteiger partial charge is 0.472 e. The summed E-state index contributed by atoms with van der Waals surface area (Å²) in [4.78, 5) is 15.2. The Balaban J connectivity index is 2.52. The van der Waals surface area contributed by atoms with E-state index < -0.39 is 28.9 Å². The Morgan fingerprint density at radius 1 is 1.45 bits per heavy atom. The zero-order valence-corrected chi connectivity index (χ0v) is 11.4. The second kappa shape index (κ2) is 4.77. The lowest BCUT2D eigenvalue weighted by Gasteiger charge is -2.15. The SMILES string of the molecule is NC(=O)c1c(-c2ccoc2)cn2c(Cl)[c]nc2c1C(F)(F)F. The molecule has 0 saturated carbocycles. The van der Waals surface area contributed by atoms with Crippen LogP contribution in [0.15, 0.2) is 29.2 Å². The number of halogens is 4. The smallest absolute Gasteiger partial charge is 0.420 e. The van der Waals surface area contributed by atoms with Crippen molar-refractivity contribution in [2.75, 3.05) is 0 Å². The van der Waals surface area contributed by atoms with Crippen molar-refractivity contribution in [1.29, 1.82) is 0 Å². The number of amides is 1. The molecule has 0 bridgehead atoms. The average molecular weight is 329 g/mol. The van der Waals surface area contributed by atoms with Gasteiger partial charge >= 0.3 is 6.18 Å². The standard InChI is InChI=1S/C13H6ClF3N3O2/c14-8-3-19-12-10(13(15,16)17)9(11(18)21)7(4-20(8)12)6-1-2-22-5-6/h1-2,4-5H,(H2,18,21). The first kappa shape index (κ1) is 14.5. The first-order chi connectivity index (χ1) is 10.3. The number of nitrogens with two attached hydrogens (primary N) is 1. The minimum absolute atomic E-state index is 0.0608. The fraction of sp³-hybridized carbons (Fsp3) is 0.0769. The molecule has 1 amide bonds. The van der Waals surface area contributed by atoms with Gasteiger partial charge in [-0.25, -0.2) is 4.98 Å². The minimum Gasteiger partial charge on any atom is -0.472 e. The van der Waals surface area contributed by atoms with Crippen LogP contribution in [0.1, 0.15) is 15.9 Å². The fourth-order valence-electron chi connectivity index (χ4n) is 2.20. The van der Waals surface area contributed by atoms with Gasteiger partial charge in [0.2, 0.25) is 5.91 Å². The van der Waals surface area contributed by atoms with E-state index in [9.17, 15) is 18.0 Å². The number of nitrogens with zero attached hydrogens (tertiary/aromatic N) is 2. The summed E-state index contributed by atoms with van der Waals surface area (Å²) in [5.41, 5.74) is 2.86. The highest BCUT2D eigenvalue weighted by molar-refractivity contribution is 6.29. The molecule has 22 heavy (non-hydrogen) atoms. The Morgan fingerprint density at radius 3 is 2.73 bits per heavy atom. The van der Waals surface area contributed by atoms with E-state index in [1.54, 1.807) is 0 Å². The van der Waals surface area contributed by atoms with Crippen molar-refractivity contribution < 1.29 is 22.4 Å². The maximum Gasteiger partial charge on any atom is 0.420 e. The summed E-state index contributed by atoms with van der Waals surface area (Å²) in [6, 6.07) is 1.41. The summed E-state index contributed by atoms with van der Waals surface area (Å²) in [7, 11) is 0. The van der Waals surface area contributed by atoms with E-state index in [-0.39, 0.29) is 16.3 Å². The molecule has 0 fully saturated rings. The van der Waals surface area contributed by atoms with E-state index in [2.05, 4.69) is 11.2 Å².